The maximum absolute atomic E-state index is 13.0. The van der Waals surface area contributed by atoms with E-state index in [1.54, 1.807) is 36.4 Å². The van der Waals surface area contributed by atoms with Gasteiger partial charge in [-0.05, 0) is 61.9 Å². The first-order chi connectivity index (χ1) is 15.4. The van der Waals surface area contributed by atoms with E-state index >= 15 is 0 Å². The van der Waals surface area contributed by atoms with E-state index in [1.807, 2.05) is 38.1 Å². The highest BCUT2D eigenvalue weighted by Gasteiger charge is 2.26. The predicted octanol–water partition coefficient (Wildman–Crippen LogP) is 4.76. The maximum Gasteiger partial charge on any atom is 0.282 e. The van der Waals surface area contributed by atoms with Crippen molar-refractivity contribution in [3.63, 3.8) is 0 Å². The molecule has 0 saturated heterocycles. The third-order valence-corrected chi connectivity index (χ3v) is 6.23. The first-order valence-electron chi connectivity index (χ1n) is 10.1. The van der Waals surface area contributed by atoms with E-state index in [-0.39, 0.29) is 22.1 Å². The van der Waals surface area contributed by atoms with Gasteiger partial charge >= 0.3 is 0 Å². The number of nitrogens with one attached hydrogen (secondary N) is 1. The van der Waals surface area contributed by atoms with Gasteiger partial charge in [-0.1, -0.05) is 36.4 Å². The molecule has 0 aromatic heterocycles. The lowest BCUT2D eigenvalue weighted by Crippen LogP contribution is -2.22. The third-order valence-electron chi connectivity index (χ3n) is 4.92. The number of carbonyl (C=O) groups excluding carboxylic acids is 1. The number of nitrogens with zero attached hydrogens (tertiary/aromatic N) is 1. The molecule has 0 amide bonds. The van der Waals surface area contributed by atoms with Crippen molar-refractivity contribution in [2.75, 3.05) is 11.9 Å². The van der Waals surface area contributed by atoms with Gasteiger partial charge in [-0.25, -0.2) is 0 Å². The Kier molecular flexibility index (Phi) is 5.92. The number of fused-ring (bicyclic) bond motifs is 1. The number of benzene rings is 3. The van der Waals surface area contributed by atoms with Crippen molar-refractivity contribution < 1.29 is 17.9 Å². The third kappa shape index (κ3) is 4.48. The van der Waals surface area contributed by atoms with Crippen molar-refractivity contribution >= 4 is 27.2 Å². The van der Waals surface area contributed by atoms with Crippen LogP contribution in [0.4, 0.5) is 5.69 Å². The second-order valence-electron chi connectivity index (χ2n) is 7.28. The van der Waals surface area contributed by atoms with Crippen molar-refractivity contribution in [3.05, 3.63) is 101 Å². The van der Waals surface area contributed by atoms with Crippen molar-refractivity contribution in [3.8, 4) is 5.75 Å². The Hall–Kier alpha value is -3.71. The average molecular weight is 447 g/mol. The first kappa shape index (κ1) is 21.5. The van der Waals surface area contributed by atoms with Crippen molar-refractivity contribution in [2.45, 2.75) is 18.7 Å². The number of ketones is 1. The number of Topliss-reactive ketones (excluding diaryl/α,β-unsaturated/α-hetero) is 1. The van der Waals surface area contributed by atoms with E-state index in [2.05, 4.69) is 9.71 Å². The Labute approximate surface area is 187 Å². The molecular weight excluding hydrogens is 424 g/mol. The average Bonchev–Trinajstić information content (AvgIpc) is 2.77. The topological polar surface area (TPSA) is 84.8 Å². The van der Waals surface area contributed by atoms with Gasteiger partial charge in [0.15, 0.2) is 0 Å². The summed E-state index contributed by atoms with van der Waals surface area (Å²) in [6, 6.07) is 20.5. The Bertz CT molecular complexity index is 1340. The zero-order valence-electron chi connectivity index (χ0n) is 17.7. The summed E-state index contributed by atoms with van der Waals surface area (Å²) in [5.41, 5.74) is 3.09. The SMILES string of the molecule is CCOc1ccc(S(=O)(=O)N=C2C=C(Nc3cccc(C)c3)C(=O)c3ccccc32)cc1. The van der Waals surface area contributed by atoms with Crippen molar-refractivity contribution in [1.82, 2.24) is 0 Å². The summed E-state index contributed by atoms with van der Waals surface area (Å²) in [7, 11) is -4.01. The van der Waals surface area contributed by atoms with Gasteiger partial charge in [0.1, 0.15) is 5.75 Å². The molecule has 1 aliphatic carbocycles. The van der Waals surface area contributed by atoms with E-state index in [0.29, 0.717) is 23.5 Å². The Morgan fingerprint density at radius 2 is 1.66 bits per heavy atom. The number of aryl methyl sites for hydroxylation is 1. The summed E-state index contributed by atoms with van der Waals surface area (Å²) in [5, 5.41) is 3.11. The fourth-order valence-corrected chi connectivity index (χ4v) is 4.43. The number of rotatable bonds is 6. The molecule has 32 heavy (non-hydrogen) atoms. The van der Waals surface area contributed by atoms with E-state index < -0.39 is 10.0 Å². The van der Waals surface area contributed by atoms with E-state index in [1.165, 1.54) is 18.2 Å². The summed E-state index contributed by atoms with van der Waals surface area (Å²) in [6.07, 6.45) is 1.49. The minimum Gasteiger partial charge on any atom is -0.494 e. The molecule has 7 heteroatoms. The Morgan fingerprint density at radius 1 is 0.938 bits per heavy atom. The normalized spacial score (nSPS) is 14.6. The zero-order chi connectivity index (χ0) is 22.7. The molecule has 0 spiro atoms. The van der Waals surface area contributed by atoms with Crippen LogP contribution in [0.5, 0.6) is 5.75 Å². The number of allylic oxidation sites excluding steroid dienone is 2. The number of sulfonamides is 1. The number of anilines is 1. The van der Waals surface area contributed by atoms with Crippen LogP contribution in [0.2, 0.25) is 0 Å². The highest BCUT2D eigenvalue weighted by atomic mass is 32.2. The van der Waals surface area contributed by atoms with Gasteiger partial charge in [-0.2, -0.15) is 12.8 Å². The molecule has 0 saturated carbocycles. The second-order valence-corrected chi connectivity index (χ2v) is 8.89. The molecule has 4 rings (SSSR count). The highest BCUT2D eigenvalue weighted by molar-refractivity contribution is 7.90. The predicted molar refractivity (Wildman–Crippen MR) is 125 cm³/mol. The molecule has 0 bridgehead atoms. The largest absolute Gasteiger partial charge is 0.494 e. The van der Waals surface area contributed by atoms with E-state index in [0.717, 1.165) is 11.3 Å². The number of ether oxygens (including phenoxy) is 1. The van der Waals surface area contributed by atoms with Gasteiger partial charge < -0.3 is 10.1 Å². The van der Waals surface area contributed by atoms with Crippen LogP contribution < -0.4 is 10.1 Å². The second kappa shape index (κ2) is 8.80. The quantitative estimate of drug-likeness (QED) is 0.590. The number of hydrogen-bond donors (Lipinski definition) is 1. The minimum absolute atomic E-state index is 0.0458. The standard InChI is InChI=1S/C25H22N2O4S/c1-3-31-19-11-13-20(14-12-19)32(29,30)27-23-16-24(26-18-8-6-7-17(2)15-18)25(28)22-10-5-4-9-21(22)23/h4-16,26H,3H2,1-2H3. The van der Waals surface area contributed by atoms with Crippen LogP contribution in [0.1, 0.15) is 28.4 Å². The first-order valence-corrected chi connectivity index (χ1v) is 11.6. The zero-order valence-corrected chi connectivity index (χ0v) is 18.5. The molecule has 0 aliphatic heterocycles. The summed E-state index contributed by atoms with van der Waals surface area (Å²) in [4.78, 5) is 13.1. The fourth-order valence-electron chi connectivity index (χ4n) is 3.43. The molecule has 1 aliphatic rings. The van der Waals surface area contributed by atoms with Crippen LogP contribution in [0, 0.1) is 6.92 Å². The molecule has 0 heterocycles. The molecule has 1 N–H and O–H groups in total. The molecular formula is C25H22N2O4S. The van der Waals surface area contributed by atoms with Gasteiger partial charge in [0, 0.05) is 16.8 Å². The lowest BCUT2D eigenvalue weighted by molar-refractivity contribution is 0.103. The lowest BCUT2D eigenvalue weighted by Gasteiger charge is -2.19. The molecule has 3 aromatic carbocycles. The number of hydrogen-bond acceptors (Lipinski definition) is 5. The van der Waals surface area contributed by atoms with Crippen LogP contribution >= 0.6 is 0 Å². The van der Waals surface area contributed by atoms with Crippen LogP contribution in [0.15, 0.2) is 93.9 Å². The summed E-state index contributed by atoms with van der Waals surface area (Å²) < 4.78 is 35.5. The van der Waals surface area contributed by atoms with E-state index in [9.17, 15) is 13.2 Å². The molecule has 162 valence electrons. The number of carbonyl (C=O) groups is 1. The summed E-state index contributed by atoms with van der Waals surface area (Å²) in [6.45, 7) is 4.29. The minimum atomic E-state index is -4.01. The van der Waals surface area contributed by atoms with Crippen molar-refractivity contribution in [1.29, 1.82) is 0 Å². The van der Waals surface area contributed by atoms with Gasteiger partial charge in [0.25, 0.3) is 10.0 Å². The lowest BCUT2D eigenvalue weighted by atomic mass is 9.92. The monoisotopic (exact) mass is 446 g/mol. The smallest absolute Gasteiger partial charge is 0.282 e. The summed E-state index contributed by atoms with van der Waals surface area (Å²) >= 11 is 0. The van der Waals surface area contributed by atoms with Crippen molar-refractivity contribution in [2.24, 2.45) is 4.40 Å². The molecule has 3 aromatic rings. The maximum atomic E-state index is 13.0. The van der Waals surface area contributed by atoms with E-state index in [4.69, 9.17) is 4.74 Å². The van der Waals surface area contributed by atoms with Gasteiger partial charge in [0.2, 0.25) is 5.78 Å². The molecule has 0 unspecified atom stereocenters. The van der Waals surface area contributed by atoms with Gasteiger partial charge in [-0.3, -0.25) is 4.79 Å². The Balaban J connectivity index is 1.76. The van der Waals surface area contributed by atoms with Crippen LogP contribution in [-0.2, 0) is 10.0 Å². The Morgan fingerprint density at radius 3 is 2.34 bits per heavy atom. The molecule has 6 nitrogen and oxygen atoms in total. The molecule has 0 atom stereocenters. The highest BCUT2D eigenvalue weighted by Crippen LogP contribution is 2.26. The van der Waals surface area contributed by atoms with Crippen LogP contribution in [0.3, 0.4) is 0 Å². The van der Waals surface area contributed by atoms with Gasteiger partial charge in [0.05, 0.1) is 22.9 Å². The summed E-state index contributed by atoms with van der Waals surface area (Å²) in [5.74, 6) is 0.358. The fraction of sp³-hybridized carbons (Fsp3) is 0.120. The van der Waals surface area contributed by atoms with Crippen LogP contribution in [0.25, 0.3) is 0 Å². The van der Waals surface area contributed by atoms with Gasteiger partial charge in [-0.15, -0.1) is 0 Å². The van der Waals surface area contributed by atoms with Crippen LogP contribution in [-0.4, -0.2) is 26.5 Å². The molecule has 0 radical (unpaired) electrons. The molecule has 0 fully saturated rings.